The Morgan fingerprint density at radius 3 is 2.63 bits per heavy atom. The van der Waals surface area contributed by atoms with Crippen molar-refractivity contribution in [3.05, 3.63) is 80.3 Å². The van der Waals surface area contributed by atoms with Crippen molar-refractivity contribution in [1.29, 1.82) is 0 Å². The van der Waals surface area contributed by atoms with Crippen molar-refractivity contribution in [2.75, 3.05) is 12.4 Å². The van der Waals surface area contributed by atoms with Gasteiger partial charge in [-0.05, 0) is 30.3 Å². The van der Waals surface area contributed by atoms with Crippen LogP contribution in [0, 0.1) is 0 Å². The van der Waals surface area contributed by atoms with E-state index in [0.717, 1.165) is 44.5 Å². The Balaban J connectivity index is 1.64. The first-order valence-electron chi connectivity index (χ1n) is 8.25. The molecule has 1 aromatic heterocycles. The highest BCUT2D eigenvalue weighted by Gasteiger charge is 2.15. The minimum Gasteiger partial charge on any atom is -0.497 e. The second-order valence-electron chi connectivity index (χ2n) is 5.77. The van der Waals surface area contributed by atoms with Gasteiger partial charge in [0, 0.05) is 16.8 Å². The molecule has 1 aliphatic heterocycles. The maximum Gasteiger partial charge on any atom is 0.306 e. The van der Waals surface area contributed by atoms with E-state index in [1.165, 1.54) is 0 Å². The number of ether oxygens (including phenoxy) is 1. The first kappa shape index (κ1) is 17.0. The standard InChI is InChI=1S/C20H16N4O2S/c1-26-16-9-7-15(8-10-16)22-19-17(27-20(25)23-19)11-14-12-21-24-18(14)13-5-3-2-4-6-13/h2-12,22H,1H3,(H,23,25). The average Bonchev–Trinajstić information content (AvgIpc) is 3.30. The van der Waals surface area contributed by atoms with Gasteiger partial charge in [0.25, 0.3) is 0 Å². The van der Waals surface area contributed by atoms with Crippen molar-refractivity contribution < 1.29 is 4.74 Å². The van der Waals surface area contributed by atoms with E-state index in [1.54, 1.807) is 13.3 Å². The Kier molecular flexibility index (Phi) is 4.67. The Morgan fingerprint density at radius 2 is 1.89 bits per heavy atom. The summed E-state index contributed by atoms with van der Waals surface area (Å²) in [6.45, 7) is 0. The molecule has 27 heavy (non-hydrogen) atoms. The Hall–Kier alpha value is -3.45. The molecular formula is C20H16N4O2S. The molecule has 0 radical (unpaired) electrons. The molecule has 4 rings (SSSR count). The minimum atomic E-state index is -0.133. The molecule has 0 spiro atoms. The number of nitrogens with one attached hydrogen (secondary N) is 2. The van der Waals surface area contributed by atoms with E-state index in [9.17, 15) is 4.79 Å². The normalized spacial score (nSPS) is 14.4. The van der Waals surface area contributed by atoms with E-state index in [0.29, 0.717) is 5.82 Å². The molecule has 7 heteroatoms. The molecule has 0 bridgehead atoms. The van der Waals surface area contributed by atoms with Gasteiger partial charge in [0.1, 0.15) is 17.3 Å². The van der Waals surface area contributed by atoms with Crippen molar-refractivity contribution in [1.82, 2.24) is 4.98 Å². The fourth-order valence-electron chi connectivity index (χ4n) is 2.69. The van der Waals surface area contributed by atoms with E-state index in [4.69, 9.17) is 4.74 Å². The number of aromatic nitrogens is 1. The Morgan fingerprint density at radius 1 is 1.11 bits per heavy atom. The van der Waals surface area contributed by atoms with E-state index in [2.05, 4.69) is 20.5 Å². The van der Waals surface area contributed by atoms with E-state index in [1.807, 2.05) is 60.7 Å². The zero-order valence-corrected chi connectivity index (χ0v) is 15.3. The molecule has 0 atom stereocenters. The topological polar surface area (TPSA) is 78.8 Å². The summed E-state index contributed by atoms with van der Waals surface area (Å²) in [5.41, 5.74) is 3.47. The van der Waals surface area contributed by atoms with Crippen molar-refractivity contribution in [2.45, 2.75) is 0 Å². The average molecular weight is 376 g/mol. The number of hydrogen-bond acceptors (Lipinski definition) is 6. The molecule has 0 aliphatic carbocycles. The van der Waals surface area contributed by atoms with Gasteiger partial charge in [0.2, 0.25) is 0 Å². The summed E-state index contributed by atoms with van der Waals surface area (Å²) in [7, 11) is 1.62. The van der Waals surface area contributed by atoms with Crippen LogP contribution in [0.3, 0.4) is 0 Å². The third kappa shape index (κ3) is 3.73. The van der Waals surface area contributed by atoms with Crippen LogP contribution in [0.4, 0.5) is 11.5 Å². The first-order valence-corrected chi connectivity index (χ1v) is 9.07. The van der Waals surface area contributed by atoms with Gasteiger partial charge >= 0.3 is 4.87 Å². The fourth-order valence-corrected chi connectivity index (χ4v) is 3.43. The van der Waals surface area contributed by atoms with Crippen LogP contribution >= 0.6 is 11.3 Å². The number of benzene rings is 2. The summed E-state index contributed by atoms with van der Waals surface area (Å²) in [4.78, 5) is 15.4. The highest BCUT2D eigenvalue weighted by molar-refractivity contribution is 7.10. The van der Waals surface area contributed by atoms with Gasteiger partial charge in [-0.1, -0.05) is 41.7 Å². The van der Waals surface area contributed by atoms with Gasteiger partial charge in [-0.3, -0.25) is 9.78 Å². The van der Waals surface area contributed by atoms with Crippen LogP contribution in [0.5, 0.6) is 5.75 Å². The van der Waals surface area contributed by atoms with Gasteiger partial charge in [-0.2, -0.15) is 5.10 Å². The summed E-state index contributed by atoms with van der Waals surface area (Å²) in [5.74, 6) is 1.41. The lowest BCUT2D eigenvalue weighted by Gasteiger charge is -2.07. The number of allylic oxidation sites excluding steroid dienone is 1. The zero-order chi connectivity index (χ0) is 18.6. The van der Waals surface area contributed by atoms with Crippen molar-refractivity contribution in [3.63, 3.8) is 0 Å². The monoisotopic (exact) mass is 376 g/mol. The van der Waals surface area contributed by atoms with Gasteiger partial charge < -0.3 is 10.1 Å². The molecule has 1 aliphatic rings. The molecule has 0 fully saturated rings. The lowest BCUT2D eigenvalue weighted by molar-refractivity contribution is 0.415. The predicted octanol–water partition coefficient (Wildman–Crippen LogP) is 4.06. The fraction of sp³-hybridized carbons (Fsp3) is 0.0500. The van der Waals surface area contributed by atoms with E-state index >= 15 is 0 Å². The lowest BCUT2D eigenvalue weighted by atomic mass is 10.0. The largest absolute Gasteiger partial charge is 0.497 e. The highest BCUT2D eigenvalue weighted by Crippen LogP contribution is 2.26. The van der Waals surface area contributed by atoms with Crippen LogP contribution in [0.1, 0.15) is 10.4 Å². The lowest BCUT2D eigenvalue weighted by Crippen LogP contribution is -2.02. The number of H-pyrrole nitrogens is 1. The highest BCUT2D eigenvalue weighted by atomic mass is 32.1. The summed E-state index contributed by atoms with van der Waals surface area (Å²) in [5, 5.41) is 11.5. The van der Waals surface area contributed by atoms with Crippen molar-refractivity contribution >= 4 is 40.8 Å². The number of rotatable bonds is 5. The van der Waals surface area contributed by atoms with E-state index in [-0.39, 0.29) is 4.87 Å². The molecule has 2 N–H and O–H groups in total. The minimum absolute atomic E-state index is 0.133. The quantitative estimate of drug-likeness (QED) is 0.705. The number of hydrogen-bond donors (Lipinski definition) is 2. The molecule has 0 saturated heterocycles. The smallest absolute Gasteiger partial charge is 0.306 e. The van der Waals surface area contributed by atoms with Crippen LogP contribution in [-0.4, -0.2) is 24.0 Å². The number of thiazole rings is 1. The summed E-state index contributed by atoms with van der Waals surface area (Å²) in [6.07, 6.45) is 3.61. The number of methoxy groups -OCH3 is 1. The van der Waals surface area contributed by atoms with Crippen LogP contribution in [0.2, 0.25) is 0 Å². The van der Waals surface area contributed by atoms with Gasteiger partial charge in [0.15, 0.2) is 0 Å². The maximum absolute atomic E-state index is 11.9. The van der Waals surface area contributed by atoms with Crippen LogP contribution in [0.15, 0.2) is 75.2 Å². The van der Waals surface area contributed by atoms with Gasteiger partial charge in [0.05, 0.1) is 18.2 Å². The molecule has 2 heterocycles. The SMILES string of the molecule is COc1ccc(Nc2[nH]c(=O)sc2C=C2C=NN=C2c2ccccc2)cc1. The third-order valence-electron chi connectivity index (χ3n) is 4.00. The summed E-state index contributed by atoms with van der Waals surface area (Å²) < 4.78 is 5.17. The molecule has 0 unspecified atom stereocenters. The second kappa shape index (κ2) is 7.43. The number of aromatic amines is 1. The molecule has 0 amide bonds. The molecule has 3 aromatic rings. The third-order valence-corrected chi connectivity index (χ3v) is 4.83. The van der Waals surface area contributed by atoms with Crippen LogP contribution in [0.25, 0.3) is 6.08 Å². The van der Waals surface area contributed by atoms with Crippen molar-refractivity contribution in [3.8, 4) is 5.75 Å². The Bertz CT molecular complexity index is 1090. The molecule has 6 nitrogen and oxygen atoms in total. The Labute approximate surface area is 159 Å². The number of anilines is 2. The molecule has 2 aromatic carbocycles. The van der Waals surface area contributed by atoms with Gasteiger partial charge in [-0.25, -0.2) is 0 Å². The molecule has 0 saturated carbocycles. The van der Waals surface area contributed by atoms with Crippen LogP contribution in [-0.2, 0) is 0 Å². The first-order chi connectivity index (χ1) is 13.2. The van der Waals surface area contributed by atoms with Crippen molar-refractivity contribution in [2.24, 2.45) is 10.2 Å². The summed E-state index contributed by atoms with van der Waals surface area (Å²) >= 11 is 1.13. The predicted molar refractivity (Wildman–Crippen MR) is 111 cm³/mol. The maximum atomic E-state index is 11.9. The van der Waals surface area contributed by atoms with E-state index < -0.39 is 0 Å². The summed E-state index contributed by atoms with van der Waals surface area (Å²) in [6, 6.07) is 17.3. The van der Waals surface area contributed by atoms with Crippen LogP contribution < -0.4 is 14.9 Å². The second-order valence-corrected chi connectivity index (χ2v) is 6.78. The molecule has 134 valence electrons. The molecular weight excluding hydrogens is 360 g/mol. The number of nitrogens with zero attached hydrogens (tertiary/aromatic N) is 2. The van der Waals surface area contributed by atoms with Gasteiger partial charge in [-0.15, -0.1) is 5.10 Å². The zero-order valence-electron chi connectivity index (χ0n) is 14.5.